The number of fused-ring (bicyclic) bond motifs is 1. The number of aromatic nitrogens is 1. The molecule has 0 aliphatic heterocycles. The highest BCUT2D eigenvalue weighted by Gasteiger charge is 2.04. The van der Waals surface area contributed by atoms with Gasteiger partial charge in [-0.25, -0.2) is 4.98 Å². The van der Waals surface area contributed by atoms with E-state index in [9.17, 15) is 10.1 Å². The number of hydrogen-bond donors (Lipinski definition) is 0. The second-order valence-corrected chi connectivity index (χ2v) is 4.21. The maximum absolute atomic E-state index is 10.3. The Morgan fingerprint density at radius 1 is 1.44 bits per heavy atom. The molecule has 0 atom stereocenters. The first-order valence-electron chi connectivity index (χ1n) is 5.51. The highest BCUT2D eigenvalue weighted by atomic mass is 35.5. The first kappa shape index (κ1) is 12.5. The molecule has 0 radical (unpaired) electrons. The van der Waals surface area contributed by atoms with Crippen LogP contribution in [0.3, 0.4) is 0 Å². The van der Waals surface area contributed by atoms with Gasteiger partial charge in [0.05, 0.1) is 10.4 Å². The third-order valence-corrected chi connectivity index (χ3v) is 2.95. The molecule has 0 saturated heterocycles. The molecule has 0 spiro atoms. The van der Waals surface area contributed by atoms with E-state index in [0.29, 0.717) is 5.56 Å². The van der Waals surface area contributed by atoms with Gasteiger partial charge in [0, 0.05) is 17.0 Å². The molecule has 0 aliphatic carbocycles. The van der Waals surface area contributed by atoms with Crippen LogP contribution in [0.5, 0.6) is 0 Å². The molecule has 1 aromatic heterocycles. The second kappa shape index (κ2) is 5.14. The predicted molar refractivity (Wildman–Crippen MR) is 72.2 cm³/mol. The third-order valence-electron chi connectivity index (χ3n) is 2.65. The number of nitro groups is 1. The van der Waals surface area contributed by atoms with E-state index in [1.807, 2.05) is 18.2 Å². The number of aryl methyl sites for hydroxylation is 1. The summed E-state index contributed by atoms with van der Waals surface area (Å²) in [7, 11) is 0. The van der Waals surface area contributed by atoms with Gasteiger partial charge in [0.2, 0.25) is 6.20 Å². The Morgan fingerprint density at radius 3 is 2.89 bits per heavy atom. The van der Waals surface area contributed by atoms with Crippen LogP contribution in [0.4, 0.5) is 0 Å². The minimum atomic E-state index is -0.527. The molecule has 92 valence electrons. The van der Waals surface area contributed by atoms with Gasteiger partial charge in [-0.15, -0.1) is 0 Å². The molecule has 18 heavy (non-hydrogen) atoms. The van der Waals surface area contributed by atoms with E-state index in [4.69, 9.17) is 11.6 Å². The maximum Gasteiger partial charge on any atom is 0.235 e. The molecule has 0 N–H and O–H groups in total. The van der Waals surface area contributed by atoms with E-state index >= 15 is 0 Å². The van der Waals surface area contributed by atoms with Crippen LogP contribution < -0.4 is 0 Å². The lowest BCUT2D eigenvalue weighted by Crippen LogP contribution is -1.88. The van der Waals surface area contributed by atoms with Crippen LogP contribution in [-0.4, -0.2) is 9.91 Å². The average molecular weight is 263 g/mol. The number of rotatable bonds is 3. The number of benzene rings is 1. The Balaban J connectivity index is 2.52. The van der Waals surface area contributed by atoms with Crippen molar-refractivity contribution in [3.05, 3.63) is 56.9 Å². The van der Waals surface area contributed by atoms with Gasteiger partial charge in [-0.05, 0) is 24.1 Å². The monoisotopic (exact) mass is 262 g/mol. The molecule has 2 rings (SSSR count). The molecule has 2 aromatic rings. The van der Waals surface area contributed by atoms with Gasteiger partial charge in [-0.1, -0.05) is 30.7 Å². The predicted octanol–water partition coefficient (Wildman–Crippen LogP) is 3.70. The van der Waals surface area contributed by atoms with Crippen molar-refractivity contribution in [2.45, 2.75) is 13.3 Å². The van der Waals surface area contributed by atoms with Gasteiger partial charge in [-0.3, -0.25) is 10.1 Å². The van der Waals surface area contributed by atoms with Crippen LogP contribution in [0, 0.1) is 10.1 Å². The number of halogens is 1. The minimum Gasteiger partial charge on any atom is -0.259 e. The van der Waals surface area contributed by atoms with Crippen LogP contribution >= 0.6 is 11.6 Å². The number of nitrogens with zero attached hydrogens (tertiary/aromatic N) is 2. The zero-order valence-corrected chi connectivity index (χ0v) is 10.5. The molecule has 5 heteroatoms. The van der Waals surface area contributed by atoms with Gasteiger partial charge >= 0.3 is 0 Å². The lowest BCUT2D eigenvalue weighted by Gasteiger charge is -2.03. The van der Waals surface area contributed by atoms with Crippen molar-refractivity contribution in [2.24, 2.45) is 0 Å². The summed E-state index contributed by atoms with van der Waals surface area (Å²) in [6, 6.07) is 7.73. The van der Waals surface area contributed by atoms with Gasteiger partial charge < -0.3 is 0 Å². The largest absolute Gasteiger partial charge is 0.259 e. The van der Waals surface area contributed by atoms with Gasteiger partial charge in [0.25, 0.3) is 0 Å². The van der Waals surface area contributed by atoms with Crippen molar-refractivity contribution < 1.29 is 4.92 Å². The van der Waals surface area contributed by atoms with E-state index in [0.717, 1.165) is 23.5 Å². The van der Waals surface area contributed by atoms with Crippen molar-refractivity contribution >= 4 is 28.6 Å². The average Bonchev–Trinajstić information content (AvgIpc) is 2.35. The van der Waals surface area contributed by atoms with E-state index in [1.54, 1.807) is 6.07 Å². The zero-order valence-electron chi connectivity index (χ0n) is 9.76. The van der Waals surface area contributed by atoms with Crippen molar-refractivity contribution in [1.29, 1.82) is 0 Å². The molecular weight excluding hydrogens is 252 g/mol. The van der Waals surface area contributed by atoms with Crippen LogP contribution in [0.1, 0.15) is 18.1 Å². The lowest BCUT2D eigenvalue weighted by atomic mass is 10.1. The van der Waals surface area contributed by atoms with Crippen molar-refractivity contribution in [3.8, 4) is 0 Å². The molecule has 1 aromatic carbocycles. The number of hydrogen-bond acceptors (Lipinski definition) is 3. The maximum atomic E-state index is 10.3. The van der Waals surface area contributed by atoms with Crippen molar-refractivity contribution in [2.75, 3.05) is 0 Å². The Morgan fingerprint density at radius 2 is 2.22 bits per heavy atom. The summed E-state index contributed by atoms with van der Waals surface area (Å²) in [5, 5.41) is 11.5. The highest BCUT2D eigenvalue weighted by Crippen LogP contribution is 2.22. The fraction of sp³-hybridized carbons (Fsp3) is 0.154. The molecule has 0 unspecified atom stereocenters. The summed E-state index contributed by atoms with van der Waals surface area (Å²) in [6.07, 6.45) is 3.13. The summed E-state index contributed by atoms with van der Waals surface area (Å²) in [5.41, 5.74) is 2.53. The van der Waals surface area contributed by atoms with E-state index in [1.165, 1.54) is 11.6 Å². The molecule has 1 heterocycles. The Hall–Kier alpha value is -1.94. The topological polar surface area (TPSA) is 56.0 Å². The van der Waals surface area contributed by atoms with Crippen molar-refractivity contribution in [1.82, 2.24) is 4.98 Å². The zero-order chi connectivity index (χ0) is 13.1. The normalized spacial score (nSPS) is 11.2. The molecule has 0 aliphatic rings. The molecule has 0 amide bonds. The van der Waals surface area contributed by atoms with Crippen LogP contribution in [0.25, 0.3) is 17.0 Å². The fourth-order valence-electron chi connectivity index (χ4n) is 1.68. The summed E-state index contributed by atoms with van der Waals surface area (Å²) in [6.45, 7) is 2.07. The minimum absolute atomic E-state index is 0.272. The van der Waals surface area contributed by atoms with Crippen LogP contribution in [-0.2, 0) is 6.42 Å². The Kier molecular flexibility index (Phi) is 3.58. The lowest BCUT2D eigenvalue weighted by molar-refractivity contribution is -0.400. The highest BCUT2D eigenvalue weighted by molar-refractivity contribution is 6.31. The van der Waals surface area contributed by atoms with Gasteiger partial charge in [0.15, 0.2) is 0 Å². The third kappa shape index (κ3) is 2.65. The molecule has 0 bridgehead atoms. The fourth-order valence-corrected chi connectivity index (χ4v) is 1.89. The SMILES string of the molecule is CCc1ccc2cc(/C=C/[N+](=O)[O-])c(Cl)nc2c1. The van der Waals surface area contributed by atoms with Crippen LogP contribution in [0.15, 0.2) is 30.5 Å². The molecule has 4 nitrogen and oxygen atoms in total. The first-order chi connectivity index (χ1) is 8.60. The van der Waals surface area contributed by atoms with E-state index in [-0.39, 0.29) is 5.15 Å². The molecule has 0 fully saturated rings. The smallest absolute Gasteiger partial charge is 0.235 e. The summed E-state index contributed by atoms with van der Waals surface area (Å²) >= 11 is 6.00. The quantitative estimate of drug-likeness (QED) is 0.481. The Labute approximate surface area is 109 Å². The Bertz CT molecular complexity index is 638. The van der Waals surface area contributed by atoms with Gasteiger partial charge in [0.1, 0.15) is 5.15 Å². The summed E-state index contributed by atoms with van der Waals surface area (Å²) in [4.78, 5) is 14.0. The van der Waals surface area contributed by atoms with E-state index in [2.05, 4.69) is 11.9 Å². The standard InChI is InChI=1S/C13H11ClN2O2/c1-2-9-3-4-10-8-11(5-6-16(17)18)13(14)15-12(10)7-9/h3-8H,2H2,1H3/b6-5+. The summed E-state index contributed by atoms with van der Waals surface area (Å²) < 4.78 is 0. The number of pyridine rings is 1. The molecular formula is C13H11ClN2O2. The summed E-state index contributed by atoms with van der Waals surface area (Å²) in [5.74, 6) is 0. The van der Waals surface area contributed by atoms with E-state index < -0.39 is 4.92 Å². The van der Waals surface area contributed by atoms with Crippen LogP contribution in [0.2, 0.25) is 5.15 Å². The molecule has 0 saturated carbocycles. The van der Waals surface area contributed by atoms with Gasteiger partial charge in [-0.2, -0.15) is 0 Å². The first-order valence-corrected chi connectivity index (χ1v) is 5.89. The van der Waals surface area contributed by atoms with Crippen molar-refractivity contribution in [3.63, 3.8) is 0 Å². The second-order valence-electron chi connectivity index (χ2n) is 3.85.